The number of benzene rings is 1. The van der Waals surface area contributed by atoms with E-state index in [-0.39, 0.29) is 6.04 Å². The van der Waals surface area contributed by atoms with Crippen LogP contribution in [0.5, 0.6) is 17.2 Å². The van der Waals surface area contributed by atoms with Crippen LogP contribution in [0, 0.1) is 0 Å². The van der Waals surface area contributed by atoms with E-state index in [4.69, 9.17) is 24.4 Å². The summed E-state index contributed by atoms with van der Waals surface area (Å²) in [4.78, 5) is 0. The highest BCUT2D eigenvalue weighted by Gasteiger charge is 2.17. The summed E-state index contributed by atoms with van der Waals surface area (Å²) < 4.78 is 21.2. The second kappa shape index (κ2) is 6.34. The Kier molecular flexibility index (Phi) is 4.53. The molecule has 0 saturated heterocycles. The molecule has 0 spiro atoms. The smallest absolute Gasteiger partial charge is 0.203 e. The highest BCUT2D eigenvalue weighted by Crippen LogP contribution is 2.39. The molecular weight excluding hydrogens is 258 g/mol. The zero-order valence-electron chi connectivity index (χ0n) is 11.9. The van der Waals surface area contributed by atoms with Gasteiger partial charge in [-0.25, -0.2) is 0 Å². The number of nitrogens with two attached hydrogens (primary N) is 1. The molecule has 2 aromatic rings. The van der Waals surface area contributed by atoms with Crippen molar-refractivity contribution in [1.82, 2.24) is 0 Å². The number of ether oxygens (including phenoxy) is 3. The van der Waals surface area contributed by atoms with Crippen LogP contribution in [0.15, 0.2) is 34.9 Å². The first kappa shape index (κ1) is 14.3. The molecule has 1 aromatic heterocycles. The van der Waals surface area contributed by atoms with Crippen molar-refractivity contribution in [3.8, 4) is 17.2 Å². The Labute approximate surface area is 118 Å². The molecule has 1 aromatic carbocycles. The minimum atomic E-state index is -0.213. The van der Waals surface area contributed by atoms with Crippen molar-refractivity contribution in [1.29, 1.82) is 0 Å². The number of furan rings is 1. The fourth-order valence-electron chi connectivity index (χ4n) is 2.08. The molecule has 5 heteroatoms. The lowest BCUT2D eigenvalue weighted by molar-refractivity contribution is 0.323. The van der Waals surface area contributed by atoms with Gasteiger partial charge in [0.2, 0.25) is 5.75 Å². The standard InChI is InChI=1S/C15H19NO4/c1-17-13-7-10(8-14(18-2)15(13)19-3)12(16)9-11-5-4-6-20-11/h4-8,12H,9,16H2,1-3H3. The van der Waals surface area contributed by atoms with Crippen molar-refractivity contribution in [2.75, 3.05) is 21.3 Å². The van der Waals surface area contributed by atoms with Gasteiger partial charge in [0.1, 0.15) is 5.76 Å². The van der Waals surface area contributed by atoms with E-state index in [1.807, 2.05) is 24.3 Å². The van der Waals surface area contributed by atoms with Crippen molar-refractivity contribution in [2.45, 2.75) is 12.5 Å². The Balaban J connectivity index is 2.31. The van der Waals surface area contributed by atoms with Crippen molar-refractivity contribution in [2.24, 2.45) is 5.73 Å². The van der Waals surface area contributed by atoms with E-state index in [0.29, 0.717) is 23.7 Å². The summed E-state index contributed by atoms with van der Waals surface area (Å²) in [6.45, 7) is 0. The Morgan fingerprint density at radius 3 is 2.20 bits per heavy atom. The highest BCUT2D eigenvalue weighted by atomic mass is 16.5. The van der Waals surface area contributed by atoms with Gasteiger partial charge in [0.15, 0.2) is 11.5 Å². The van der Waals surface area contributed by atoms with E-state index in [9.17, 15) is 0 Å². The zero-order valence-corrected chi connectivity index (χ0v) is 11.9. The van der Waals surface area contributed by atoms with Crippen LogP contribution in [0.1, 0.15) is 17.4 Å². The first-order valence-electron chi connectivity index (χ1n) is 6.27. The minimum Gasteiger partial charge on any atom is -0.493 e. The van der Waals surface area contributed by atoms with Crippen molar-refractivity contribution >= 4 is 0 Å². The normalized spacial score (nSPS) is 12.0. The second-order valence-electron chi connectivity index (χ2n) is 4.35. The van der Waals surface area contributed by atoms with Gasteiger partial charge in [-0.15, -0.1) is 0 Å². The molecule has 2 N–H and O–H groups in total. The molecule has 1 unspecified atom stereocenters. The maximum absolute atomic E-state index is 6.21. The van der Waals surface area contributed by atoms with Crippen LogP contribution >= 0.6 is 0 Å². The van der Waals surface area contributed by atoms with E-state index in [0.717, 1.165) is 11.3 Å². The molecule has 0 bridgehead atoms. The molecule has 0 aliphatic heterocycles. The molecular formula is C15H19NO4. The van der Waals surface area contributed by atoms with Crippen LogP contribution in [0.4, 0.5) is 0 Å². The van der Waals surface area contributed by atoms with Crippen LogP contribution in [-0.2, 0) is 6.42 Å². The fourth-order valence-corrected chi connectivity index (χ4v) is 2.08. The Bertz CT molecular complexity index is 526. The first-order valence-corrected chi connectivity index (χ1v) is 6.27. The summed E-state index contributed by atoms with van der Waals surface area (Å²) >= 11 is 0. The van der Waals surface area contributed by atoms with Gasteiger partial charge in [0, 0.05) is 12.5 Å². The average molecular weight is 277 g/mol. The van der Waals surface area contributed by atoms with Crippen LogP contribution in [0.3, 0.4) is 0 Å². The van der Waals surface area contributed by atoms with E-state index < -0.39 is 0 Å². The van der Waals surface area contributed by atoms with Crippen molar-refractivity contribution in [3.63, 3.8) is 0 Å². The zero-order chi connectivity index (χ0) is 14.5. The average Bonchev–Trinajstić information content (AvgIpc) is 2.98. The van der Waals surface area contributed by atoms with Gasteiger partial charge >= 0.3 is 0 Å². The fraction of sp³-hybridized carbons (Fsp3) is 0.333. The first-order chi connectivity index (χ1) is 9.69. The molecule has 20 heavy (non-hydrogen) atoms. The van der Waals surface area contributed by atoms with Crippen molar-refractivity contribution < 1.29 is 18.6 Å². The quantitative estimate of drug-likeness (QED) is 0.879. The third-order valence-electron chi connectivity index (χ3n) is 3.12. The summed E-state index contributed by atoms with van der Waals surface area (Å²) in [6.07, 6.45) is 2.24. The largest absolute Gasteiger partial charge is 0.493 e. The molecule has 0 aliphatic rings. The van der Waals surface area contributed by atoms with Gasteiger partial charge < -0.3 is 24.4 Å². The highest BCUT2D eigenvalue weighted by molar-refractivity contribution is 5.54. The Morgan fingerprint density at radius 2 is 1.75 bits per heavy atom. The molecule has 0 amide bonds. The van der Waals surface area contributed by atoms with Gasteiger partial charge in [0.25, 0.3) is 0 Å². The predicted molar refractivity (Wildman–Crippen MR) is 75.4 cm³/mol. The summed E-state index contributed by atoms with van der Waals surface area (Å²) in [6, 6.07) is 7.24. The number of hydrogen-bond acceptors (Lipinski definition) is 5. The van der Waals surface area contributed by atoms with E-state index in [1.165, 1.54) is 0 Å². The molecule has 0 saturated carbocycles. The van der Waals surface area contributed by atoms with Gasteiger partial charge in [-0.1, -0.05) is 0 Å². The van der Waals surface area contributed by atoms with Gasteiger partial charge in [0.05, 0.1) is 27.6 Å². The molecule has 108 valence electrons. The molecule has 1 atom stereocenters. The molecule has 1 heterocycles. The maximum Gasteiger partial charge on any atom is 0.203 e. The minimum absolute atomic E-state index is 0.213. The lowest BCUT2D eigenvalue weighted by Gasteiger charge is -2.17. The van der Waals surface area contributed by atoms with Gasteiger partial charge in [-0.2, -0.15) is 0 Å². The monoisotopic (exact) mass is 277 g/mol. The van der Waals surface area contributed by atoms with Crippen LogP contribution in [0.2, 0.25) is 0 Å². The van der Waals surface area contributed by atoms with Gasteiger partial charge in [-0.05, 0) is 29.8 Å². The summed E-state index contributed by atoms with van der Waals surface area (Å²) in [5.74, 6) is 2.59. The summed E-state index contributed by atoms with van der Waals surface area (Å²) in [7, 11) is 4.74. The predicted octanol–water partition coefficient (Wildman–Crippen LogP) is 2.55. The van der Waals surface area contributed by atoms with E-state index in [1.54, 1.807) is 27.6 Å². The number of methoxy groups -OCH3 is 3. The van der Waals surface area contributed by atoms with E-state index >= 15 is 0 Å². The lowest BCUT2D eigenvalue weighted by atomic mass is 10.0. The molecule has 0 radical (unpaired) electrons. The Morgan fingerprint density at radius 1 is 1.10 bits per heavy atom. The summed E-state index contributed by atoms with van der Waals surface area (Å²) in [5, 5.41) is 0. The third-order valence-corrected chi connectivity index (χ3v) is 3.12. The summed E-state index contributed by atoms with van der Waals surface area (Å²) in [5.41, 5.74) is 7.11. The maximum atomic E-state index is 6.21. The topological polar surface area (TPSA) is 66.9 Å². The van der Waals surface area contributed by atoms with Gasteiger partial charge in [-0.3, -0.25) is 0 Å². The van der Waals surface area contributed by atoms with Crippen LogP contribution < -0.4 is 19.9 Å². The molecule has 2 rings (SSSR count). The SMILES string of the molecule is COc1cc(C(N)Cc2ccco2)cc(OC)c1OC. The molecule has 5 nitrogen and oxygen atoms in total. The van der Waals surface area contributed by atoms with Crippen LogP contribution in [-0.4, -0.2) is 21.3 Å². The lowest BCUT2D eigenvalue weighted by Crippen LogP contribution is -2.13. The second-order valence-corrected chi connectivity index (χ2v) is 4.35. The van der Waals surface area contributed by atoms with E-state index in [2.05, 4.69) is 0 Å². The Hall–Kier alpha value is -2.14. The third kappa shape index (κ3) is 2.88. The molecule has 0 aliphatic carbocycles. The van der Waals surface area contributed by atoms with Crippen LogP contribution in [0.25, 0.3) is 0 Å². The number of hydrogen-bond donors (Lipinski definition) is 1. The number of rotatable bonds is 6. The van der Waals surface area contributed by atoms with Crippen molar-refractivity contribution in [3.05, 3.63) is 41.9 Å². The molecule has 0 fully saturated rings.